The largest absolute Gasteiger partial charge is 0.368 e. The van der Waals surface area contributed by atoms with Gasteiger partial charge in [-0.3, -0.25) is 0 Å². The summed E-state index contributed by atoms with van der Waals surface area (Å²) in [6.07, 6.45) is 0. The fourth-order valence-electron chi connectivity index (χ4n) is 1.58. The zero-order valence-electron chi connectivity index (χ0n) is 9.20. The third-order valence-electron chi connectivity index (χ3n) is 2.45. The van der Waals surface area contributed by atoms with E-state index in [0.29, 0.717) is 11.8 Å². The quantitative estimate of drug-likeness (QED) is 0.910. The SMILES string of the molecule is CC(C)c1ccc(-c2cc(N)on2)cc1Br. The average molecular weight is 281 g/mol. The summed E-state index contributed by atoms with van der Waals surface area (Å²) >= 11 is 3.56. The van der Waals surface area contributed by atoms with Crippen molar-refractivity contribution in [3.05, 3.63) is 34.3 Å². The first-order valence-corrected chi connectivity index (χ1v) is 5.89. The molecule has 3 nitrogen and oxygen atoms in total. The molecule has 1 heterocycles. The van der Waals surface area contributed by atoms with Gasteiger partial charge in [0.15, 0.2) is 0 Å². The minimum absolute atomic E-state index is 0.332. The van der Waals surface area contributed by atoms with Crippen molar-refractivity contribution >= 4 is 21.8 Å². The van der Waals surface area contributed by atoms with Crippen LogP contribution in [-0.2, 0) is 0 Å². The maximum atomic E-state index is 5.49. The van der Waals surface area contributed by atoms with Crippen LogP contribution >= 0.6 is 15.9 Å². The van der Waals surface area contributed by atoms with E-state index in [0.717, 1.165) is 15.7 Å². The van der Waals surface area contributed by atoms with Crippen LogP contribution in [0.2, 0.25) is 0 Å². The molecule has 0 unspecified atom stereocenters. The molecule has 2 rings (SSSR count). The van der Waals surface area contributed by atoms with Crippen molar-refractivity contribution in [2.45, 2.75) is 19.8 Å². The minimum Gasteiger partial charge on any atom is -0.368 e. The van der Waals surface area contributed by atoms with E-state index in [1.54, 1.807) is 6.07 Å². The average Bonchev–Trinajstić information content (AvgIpc) is 2.64. The number of halogens is 1. The molecule has 0 aliphatic heterocycles. The van der Waals surface area contributed by atoms with Crippen molar-refractivity contribution in [3.63, 3.8) is 0 Å². The van der Waals surface area contributed by atoms with Crippen molar-refractivity contribution < 1.29 is 4.52 Å². The van der Waals surface area contributed by atoms with Gasteiger partial charge in [-0.25, -0.2) is 0 Å². The third-order valence-corrected chi connectivity index (χ3v) is 3.13. The van der Waals surface area contributed by atoms with E-state index >= 15 is 0 Å². The number of rotatable bonds is 2. The second-order valence-corrected chi connectivity index (χ2v) is 4.86. The van der Waals surface area contributed by atoms with E-state index in [-0.39, 0.29) is 0 Å². The number of hydrogen-bond acceptors (Lipinski definition) is 3. The van der Waals surface area contributed by atoms with Crippen LogP contribution in [0.3, 0.4) is 0 Å². The van der Waals surface area contributed by atoms with Crippen LogP contribution in [0.1, 0.15) is 25.3 Å². The third kappa shape index (κ3) is 2.11. The molecule has 0 aliphatic rings. The number of anilines is 1. The maximum Gasteiger partial charge on any atom is 0.222 e. The standard InChI is InChI=1S/C12H13BrN2O/c1-7(2)9-4-3-8(5-10(9)13)11-6-12(14)16-15-11/h3-7H,14H2,1-2H3. The van der Waals surface area contributed by atoms with E-state index in [4.69, 9.17) is 10.3 Å². The lowest BCUT2D eigenvalue weighted by molar-refractivity contribution is 0.439. The molecule has 0 saturated heterocycles. The highest BCUT2D eigenvalue weighted by molar-refractivity contribution is 9.10. The fraction of sp³-hybridized carbons (Fsp3) is 0.250. The van der Waals surface area contributed by atoms with Crippen molar-refractivity contribution in [2.24, 2.45) is 0 Å². The van der Waals surface area contributed by atoms with Crippen LogP contribution in [0.15, 0.2) is 33.3 Å². The first-order chi connectivity index (χ1) is 7.58. The fourth-order valence-corrected chi connectivity index (χ4v) is 2.42. The van der Waals surface area contributed by atoms with Gasteiger partial charge in [0, 0.05) is 16.1 Å². The summed E-state index contributed by atoms with van der Waals surface area (Å²) in [4.78, 5) is 0. The van der Waals surface area contributed by atoms with Gasteiger partial charge in [0.2, 0.25) is 5.88 Å². The first-order valence-electron chi connectivity index (χ1n) is 5.10. The van der Waals surface area contributed by atoms with E-state index in [2.05, 4.69) is 41.0 Å². The smallest absolute Gasteiger partial charge is 0.222 e. The molecule has 0 bridgehead atoms. The van der Waals surface area contributed by atoms with Crippen molar-refractivity contribution in [2.75, 3.05) is 5.73 Å². The highest BCUT2D eigenvalue weighted by atomic mass is 79.9. The van der Waals surface area contributed by atoms with E-state index in [1.807, 2.05) is 12.1 Å². The van der Waals surface area contributed by atoms with Gasteiger partial charge < -0.3 is 10.3 Å². The monoisotopic (exact) mass is 280 g/mol. The molecule has 2 N–H and O–H groups in total. The van der Waals surface area contributed by atoms with Gasteiger partial charge in [-0.05, 0) is 17.5 Å². The molecule has 0 saturated carbocycles. The van der Waals surface area contributed by atoms with Gasteiger partial charge in [0.25, 0.3) is 0 Å². The van der Waals surface area contributed by atoms with Gasteiger partial charge >= 0.3 is 0 Å². The molecule has 0 atom stereocenters. The molecule has 0 spiro atoms. The predicted molar refractivity (Wildman–Crippen MR) is 68.1 cm³/mol. The molecule has 1 aromatic heterocycles. The second-order valence-electron chi connectivity index (χ2n) is 4.01. The number of nitrogen functional groups attached to an aromatic ring is 1. The van der Waals surface area contributed by atoms with Crippen molar-refractivity contribution in [3.8, 4) is 11.3 Å². The van der Waals surface area contributed by atoms with Gasteiger partial charge in [0.05, 0.1) is 0 Å². The molecule has 0 fully saturated rings. The molecule has 16 heavy (non-hydrogen) atoms. The van der Waals surface area contributed by atoms with Gasteiger partial charge in [-0.2, -0.15) is 0 Å². The molecule has 1 aromatic carbocycles. The summed E-state index contributed by atoms with van der Waals surface area (Å²) < 4.78 is 5.93. The predicted octanol–water partition coefficient (Wildman–Crippen LogP) is 3.81. The van der Waals surface area contributed by atoms with Crippen LogP contribution in [0.25, 0.3) is 11.3 Å². The molecule has 84 valence electrons. The summed E-state index contributed by atoms with van der Waals surface area (Å²) in [7, 11) is 0. The normalized spacial score (nSPS) is 11.0. The number of hydrogen-bond donors (Lipinski definition) is 1. The maximum absolute atomic E-state index is 5.49. The van der Waals surface area contributed by atoms with Gasteiger partial charge in [0.1, 0.15) is 5.69 Å². The summed E-state index contributed by atoms with van der Waals surface area (Å²) in [5.74, 6) is 0.824. The Morgan fingerprint density at radius 2 is 2.06 bits per heavy atom. The lowest BCUT2D eigenvalue weighted by Gasteiger charge is -2.08. The Morgan fingerprint density at radius 3 is 2.56 bits per heavy atom. The number of nitrogens with zero attached hydrogens (tertiary/aromatic N) is 1. The Kier molecular flexibility index (Phi) is 3.01. The van der Waals surface area contributed by atoms with E-state index < -0.39 is 0 Å². The summed E-state index contributed by atoms with van der Waals surface area (Å²) in [6.45, 7) is 4.32. The topological polar surface area (TPSA) is 52.0 Å². The first kappa shape index (κ1) is 11.2. The van der Waals surface area contributed by atoms with Crippen LogP contribution < -0.4 is 5.73 Å². The van der Waals surface area contributed by atoms with Gasteiger partial charge in [-0.1, -0.05) is 47.1 Å². The lowest BCUT2D eigenvalue weighted by atomic mass is 10.0. The van der Waals surface area contributed by atoms with Crippen LogP contribution in [0, 0.1) is 0 Å². The Hall–Kier alpha value is -1.29. The molecule has 0 radical (unpaired) electrons. The minimum atomic E-state index is 0.332. The van der Waals surface area contributed by atoms with E-state index in [9.17, 15) is 0 Å². The van der Waals surface area contributed by atoms with Crippen LogP contribution in [0.5, 0.6) is 0 Å². The molecular formula is C12H13BrN2O. The zero-order chi connectivity index (χ0) is 11.7. The summed E-state index contributed by atoms with van der Waals surface area (Å²) in [6, 6.07) is 7.87. The van der Waals surface area contributed by atoms with Gasteiger partial charge in [-0.15, -0.1) is 0 Å². The lowest BCUT2D eigenvalue weighted by Crippen LogP contribution is -1.89. The second kappa shape index (κ2) is 4.29. The van der Waals surface area contributed by atoms with Crippen LogP contribution in [0.4, 0.5) is 5.88 Å². The molecule has 2 aromatic rings. The Morgan fingerprint density at radius 1 is 1.31 bits per heavy atom. The molecule has 4 heteroatoms. The molecule has 0 aliphatic carbocycles. The summed E-state index contributed by atoms with van der Waals surface area (Å²) in [5.41, 5.74) is 8.52. The van der Waals surface area contributed by atoms with Crippen molar-refractivity contribution in [1.29, 1.82) is 0 Å². The number of nitrogens with two attached hydrogens (primary N) is 1. The Balaban J connectivity index is 2.42. The Labute approximate surface area is 103 Å². The summed E-state index contributed by atoms with van der Waals surface area (Å²) in [5, 5.41) is 3.88. The highest BCUT2D eigenvalue weighted by Gasteiger charge is 2.09. The number of benzene rings is 1. The Bertz CT molecular complexity index is 505. The van der Waals surface area contributed by atoms with E-state index in [1.165, 1.54) is 5.56 Å². The molecular weight excluding hydrogens is 268 g/mol. The zero-order valence-corrected chi connectivity index (χ0v) is 10.8. The number of aromatic nitrogens is 1. The van der Waals surface area contributed by atoms with Crippen molar-refractivity contribution in [1.82, 2.24) is 5.16 Å². The highest BCUT2D eigenvalue weighted by Crippen LogP contribution is 2.30. The van der Waals surface area contributed by atoms with Crippen LogP contribution in [-0.4, -0.2) is 5.16 Å². The molecule has 0 amide bonds.